The summed E-state index contributed by atoms with van der Waals surface area (Å²) in [4.78, 5) is 11.0. The van der Waals surface area contributed by atoms with E-state index < -0.39 is 21.8 Å². The van der Waals surface area contributed by atoms with Gasteiger partial charge in [0.2, 0.25) is 10.0 Å². The van der Waals surface area contributed by atoms with Crippen LogP contribution in [0.4, 0.5) is 4.39 Å². The monoisotopic (exact) mass is 304 g/mol. The van der Waals surface area contributed by atoms with E-state index in [0.717, 1.165) is 25.3 Å². The van der Waals surface area contributed by atoms with Crippen molar-refractivity contribution in [3.8, 4) is 0 Å². The average Bonchev–Trinajstić information content (AvgIpc) is 2.43. The lowest BCUT2D eigenvalue weighted by atomic mass is 10.2. The van der Waals surface area contributed by atoms with Crippen LogP contribution in [0.5, 0.6) is 0 Å². The van der Waals surface area contributed by atoms with E-state index in [1.807, 2.05) is 0 Å². The number of methoxy groups -OCH3 is 1. The maximum Gasteiger partial charge on any atom is 0.340 e. The summed E-state index contributed by atoms with van der Waals surface area (Å²) in [5.41, 5.74) is -0.310. The molecule has 0 aliphatic carbocycles. The second kappa shape index (κ2) is 6.78. The summed E-state index contributed by atoms with van der Waals surface area (Å²) in [5.74, 6) is -1.80. The molecular weight excluding hydrogens is 287 g/mol. The van der Waals surface area contributed by atoms with Crippen molar-refractivity contribution in [2.75, 3.05) is 20.7 Å². The number of benzene rings is 1. The number of ether oxygens (including phenoxy) is 1. The predicted molar refractivity (Wildman–Crippen MR) is 71.4 cm³/mol. The Morgan fingerprint density at radius 2 is 2.10 bits per heavy atom. The van der Waals surface area contributed by atoms with E-state index in [2.05, 4.69) is 14.8 Å². The van der Waals surface area contributed by atoms with Crippen LogP contribution in [-0.4, -0.2) is 41.1 Å². The first kappa shape index (κ1) is 16.5. The summed E-state index contributed by atoms with van der Waals surface area (Å²) in [6.45, 7) is 1.96. The third-order valence-electron chi connectivity index (χ3n) is 2.73. The van der Waals surface area contributed by atoms with Gasteiger partial charge in [-0.25, -0.2) is 22.3 Å². The fourth-order valence-electron chi connectivity index (χ4n) is 1.36. The number of esters is 1. The van der Waals surface area contributed by atoms with Crippen LogP contribution < -0.4 is 10.0 Å². The molecule has 0 aliphatic rings. The number of sulfonamides is 1. The van der Waals surface area contributed by atoms with Gasteiger partial charge in [0.25, 0.3) is 0 Å². The van der Waals surface area contributed by atoms with Gasteiger partial charge in [-0.1, -0.05) is 0 Å². The minimum Gasteiger partial charge on any atom is -0.465 e. The minimum absolute atomic E-state index is 0.0658. The van der Waals surface area contributed by atoms with Gasteiger partial charge in [0.1, 0.15) is 5.82 Å². The number of carbonyl (C=O) groups is 1. The molecule has 1 aromatic carbocycles. The van der Waals surface area contributed by atoms with Crippen LogP contribution in [0, 0.1) is 5.82 Å². The van der Waals surface area contributed by atoms with Crippen LogP contribution in [0.15, 0.2) is 23.1 Å². The highest BCUT2D eigenvalue weighted by Gasteiger charge is 2.19. The molecule has 2 N–H and O–H groups in total. The average molecular weight is 304 g/mol. The van der Waals surface area contributed by atoms with Crippen molar-refractivity contribution in [1.29, 1.82) is 0 Å². The molecule has 0 aromatic heterocycles. The summed E-state index contributed by atoms with van der Waals surface area (Å²) < 4.78 is 44.3. The smallest absolute Gasteiger partial charge is 0.340 e. The second-order valence-electron chi connectivity index (χ2n) is 4.17. The van der Waals surface area contributed by atoms with E-state index in [4.69, 9.17) is 0 Å². The third kappa shape index (κ3) is 3.99. The molecule has 0 aliphatic heterocycles. The Kier molecular flexibility index (Phi) is 5.61. The molecule has 0 bridgehead atoms. The number of rotatable bonds is 6. The molecule has 112 valence electrons. The van der Waals surface area contributed by atoms with Crippen LogP contribution in [-0.2, 0) is 14.8 Å². The SMILES string of the molecule is CNC(C)CNS(=O)(=O)c1ccc(C(=O)OC)c(F)c1. The first-order valence-electron chi connectivity index (χ1n) is 5.86. The van der Waals surface area contributed by atoms with Gasteiger partial charge < -0.3 is 10.1 Å². The standard InChI is InChI=1S/C12H17FN2O4S/c1-8(14-2)7-15-20(17,18)9-4-5-10(11(13)6-9)12(16)19-3/h4-6,8,14-15H,7H2,1-3H3. The lowest BCUT2D eigenvalue weighted by Crippen LogP contribution is -2.37. The Morgan fingerprint density at radius 1 is 1.45 bits per heavy atom. The fraction of sp³-hybridized carbons (Fsp3) is 0.417. The predicted octanol–water partition coefficient (Wildman–Crippen LogP) is 0.498. The van der Waals surface area contributed by atoms with Gasteiger partial charge in [0.15, 0.2) is 0 Å². The Morgan fingerprint density at radius 3 is 2.60 bits per heavy atom. The molecule has 1 unspecified atom stereocenters. The van der Waals surface area contributed by atoms with Crippen molar-refractivity contribution in [2.45, 2.75) is 17.9 Å². The molecule has 0 saturated carbocycles. The molecule has 1 atom stereocenters. The summed E-state index contributed by atoms with van der Waals surface area (Å²) in [7, 11) is -1.00. The molecule has 8 heteroatoms. The highest BCUT2D eigenvalue weighted by molar-refractivity contribution is 7.89. The van der Waals surface area contributed by atoms with Crippen molar-refractivity contribution >= 4 is 16.0 Å². The van der Waals surface area contributed by atoms with Crippen molar-refractivity contribution < 1.29 is 22.3 Å². The molecule has 1 aromatic rings. The van der Waals surface area contributed by atoms with Gasteiger partial charge in [0, 0.05) is 12.6 Å². The Balaban J connectivity index is 2.97. The number of nitrogens with one attached hydrogen (secondary N) is 2. The molecule has 0 amide bonds. The zero-order chi connectivity index (χ0) is 15.3. The van der Waals surface area contributed by atoms with Gasteiger partial charge in [0.05, 0.1) is 17.6 Å². The number of hydrogen-bond acceptors (Lipinski definition) is 5. The van der Waals surface area contributed by atoms with Crippen molar-refractivity contribution in [3.63, 3.8) is 0 Å². The molecule has 0 spiro atoms. The van der Waals surface area contributed by atoms with Gasteiger partial charge in [-0.3, -0.25) is 0 Å². The Bertz CT molecular complexity index is 589. The maximum atomic E-state index is 13.7. The lowest BCUT2D eigenvalue weighted by molar-refractivity contribution is 0.0595. The summed E-state index contributed by atoms with van der Waals surface area (Å²) >= 11 is 0. The lowest BCUT2D eigenvalue weighted by Gasteiger charge is -2.12. The summed E-state index contributed by atoms with van der Waals surface area (Å²) in [5, 5.41) is 2.87. The van der Waals surface area contributed by atoms with E-state index >= 15 is 0 Å². The zero-order valence-corrected chi connectivity index (χ0v) is 12.3. The summed E-state index contributed by atoms with van der Waals surface area (Å²) in [6.07, 6.45) is 0. The molecule has 6 nitrogen and oxygen atoms in total. The van der Waals surface area contributed by atoms with Gasteiger partial charge in [-0.2, -0.15) is 0 Å². The van der Waals surface area contributed by atoms with E-state index in [9.17, 15) is 17.6 Å². The van der Waals surface area contributed by atoms with Crippen LogP contribution in [0.25, 0.3) is 0 Å². The van der Waals surface area contributed by atoms with E-state index in [1.165, 1.54) is 0 Å². The van der Waals surface area contributed by atoms with Crippen LogP contribution in [0.1, 0.15) is 17.3 Å². The zero-order valence-electron chi connectivity index (χ0n) is 11.4. The van der Waals surface area contributed by atoms with Gasteiger partial charge in [-0.15, -0.1) is 0 Å². The molecule has 0 heterocycles. The summed E-state index contributed by atoms with van der Waals surface area (Å²) in [6, 6.07) is 2.96. The van der Waals surface area contributed by atoms with Gasteiger partial charge in [-0.05, 0) is 32.2 Å². The first-order valence-corrected chi connectivity index (χ1v) is 7.35. The molecule has 0 fully saturated rings. The van der Waals surface area contributed by atoms with E-state index in [1.54, 1.807) is 14.0 Å². The molecule has 0 radical (unpaired) electrons. The number of likely N-dealkylation sites (N-methyl/N-ethyl adjacent to an activating group) is 1. The number of halogens is 1. The van der Waals surface area contributed by atoms with Crippen LogP contribution in [0.3, 0.4) is 0 Å². The highest BCUT2D eigenvalue weighted by atomic mass is 32.2. The van der Waals surface area contributed by atoms with Crippen molar-refractivity contribution in [1.82, 2.24) is 10.0 Å². The molecule has 20 heavy (non-hydrogen) atoms. The maximum absolute atomic E-state index is 13.7. The fourth-order valence-corrected chi connectivity index (χ4v) is 2.50. The van der Waals surface area contributed by atoms with Gasteiger partial charge >= 0.3 is 5.97 Å². The molecule has 0 saturated heterocycles. The topological polar surface area (TPSA) is 84.5 Å². The normalized spacial score (nSPS) is 13.0. The van der Waals surface area contributed by atoms with Crippen LogP contribution in [0.2, 0.25) is 0 Å². The van der Waals surface area contributed by atoms with Crippen molar-refractivity contribution in [3.05, 3.63) is 29.6 Å². The highest BCUT2D eigenvalue weighted by Crippen LogP contribution is 2.15. The Labute approximate surface area is 117 Å². The third-order valence-corrected chi connectivity index (χ3v) is 4.15. The van der Waals surface area contributed by atoms with E-state index in [0.29, 0.717) is 0 Å². The second-order valence-corrected chi connectivity index (χ2v) is 5.94. The first-order chi connectivity index (χ1) is 9.31. The Hall–Kier alpha value is -1.51. The number of hydrogen-bond donors (Lipinski definition) is 2. The molecule has 1 rings (SSSR count). The van der Waals surface area contributed by atoms with E-state index in [-0.39, 0.29) is 23.0 Å². The van der Waals surface area contributed by atoms with Crippen molar-refractivity contribution in [2.24, 2.45) is 0 Å². The quantitative estimate of drug-likeness (QED) is 0.748. The molecular formula is C12H17FN2O4S. The minimum atomic E-state index is -3.82. The largest absolute Gasteiger partial charge is 0.465 e. The van der Waals surface area contributed by atoms with Crippen LogP contribution >= 0.6 is 0 Å². The number of carbonyl (C=O) groups excluding carboxylic acids is 1.